The van der Waals surface area contributed by atoms with Gasteiger partial charge in [0.25, 0.3) is 0 Å². The SMILES string of the molecule is CCC(N)C(N1CCC(NC(=O)OC)C1)C(F)(F)F. The normalized spacial score (nSPS) is 24.0. The molecule has 0 saturated carbocycles. The Morgan fingerprint density at radius 2 is 2.21 bits per heavy atom. The van der Waals surface area contributed by atoms with Gasteiger partial charge in [0.2, 0.25) is 0 Å². The van der Waals surface area contributed by atoms with Crippen LogP contribution in [0, 0.1) is 0 Å². The van der Waals surface area contributed by atoms with E-state index in [1.807, 2.05) is 0 Å². The second-order valence-corrected chi connectivity index (χ2v) is 4.68. The van der Waals surface area contributed by atoms with Gasteiger partial charge in [-0.1, -0.05) is 6.92 Å². The highest BCUT2D eigenvalue weighted by molar-refractivity contribution is 5.67. The maximum Gasteiger partial charge on any atom is 0.407 e. The van der Waals surface area contributed by atoms with E-state index in [1.165, 1.54) is 12.0 Å². The summed E-state index contributed by atoms with van der Waals surface area (Å²) >= 11 is 0. The van der Waals surface area contributed by atoms with E-state index in [4.69, 9.17) is 5.73 Å². The van der Waals surface area contributed by atoms with Crippen molar-refractivity contribution in [2.45, 2.75) is 44.1 Å². The Labute approximate surface area is 110 Å². The fourth-order valence-electron chi connectivity index (χ4n) is 2.33. The van der Waals surface area contributed by atoms with Gasteiger partial charge in [-0.3, -0.25) is 4.90 Å². The van der Waals surface area contributed by atoms with Gasteiger partial charge in [0.1, 0.15) is 6.04 Å². The van der Waals surface area contributed by atoms with Crippen molar-refractivity contribution < 1.29 is 22.7 Å². The van der Waals surface area contributed by atoms with E-state index in [-0.39, 0.29) is 25.6 Å². The van der Waals surface area contributed by atoms with Gasteiger partial charge in [-0.2, -0.15) is 13.2 Å². The zero-order chi connectivity index (χ0) is 14.6. The van der Waals surface area contributed by atoms with Crippen molar-refractivity contribution >= 4 is 6.09 Å². The van der Waals surface area contributed by atoms with Gasteiger partial charge in [0.15, 0.2) is 0 Å². The molecule has 1 aliphatic rings. The third kappa shape index (κ3) is 4.24. The standard InChI is InChI=1S/C11H20F3N3O2/c1-3-8(15)9(11(12,13)14)17-5-4-7(6-17)16-10(18)19-2/h7-9H,3-6,15H2,1-2H3,(H,16,18). The molecule has 1 saturated heterocycles. The molecule has 3 N–H and O–H groups in total. The maximum absolute atomic E-state index is 13.0. The van der Waals surface area contributed by atoms with Gasteiger partial charge in [0, 0.05) is 25.2 Å². The summed E-state index contributed by atoms with van der Waals surface area (Å²) in [5, 5.41) is 2.51. The number of carbonyl (C=O) groups excluding carboxylic acids is 1. The van der Waals surface area contributed by atoms with Crippen molar-refractivity contribution in [3.63, 3.8) is 0 Å². The van der Waals surface area contributed by atoms with Crippen LogP contribution in [0.1, 0.15) is 19.8 Å². The number of nitrogens with zero attached hydrogens (tertiary/aromatic N) is 1. The zero-order valence-electron chi connectivity index (χ0n) is 11.0. The van der Waals surface area contributed by atoms with Crippen LogP contribution in [0.3, 0.4) is 0 Å². The molecule has 0 aromatic rings. The number of ether oxygens (including phenoxy) is 1. The van der Waals surface area contributed by atoms with Crippen LogP contribution in [-0.2, 0) is 4.74 Å². The topological polar surface area (TPSA) is 67.6 Å². The fourth-order valence-corrected chi connectivity index (χ4v) is 2.33. The molecule has 0 bridgehead atoms. The minimum Gasteiger partial charge on any atom is -0.453 e. The number of methoxy groups -OCH3 is 1. The first-order valence-corrected chi connectivity index (χ1v) is 6.20. The first-order valence-electron chi connectivity index (χ1n) is 6.20. The highest BCUT2D eigenvalue weighted by Crippen LogP contribution is 2.30. The van der Waals surface area contributed by atoms with Crippen molar-refractivity contribution in [3.05, 3.63) is 0 Å². The Balaban J connectivity index is 2.66. The second kappa shape index (κ2) is 6.42. The third-order valence-electron chi connectivity index (χ3n) is 3.33. The lowest BCUT2D eigenvalue weighted by Crippen LogP contribution is -2.55. The first kappa shape index (κ1) is 16.0. The monoisotopic (exact) mass is 283 g/mol. The van der Waals surface area contributed by atoms with Crippen LogP contribution in [-0.4, -0.2) is 55.5 Å². The number of likely N-dealkylation sites (tertiary alicyclic amines) is 1. The van der Waals surface area contributed by atoms with Crippen LogP contribution in [0.15, 0.2) is 0 Å². The van der Waals surface area contributed by atoms with Gasteiger partial charge in [-0.25, -0.2) is 4.79 Å². The molecule has 0 radical (unpaired) electrons. The van der Waals surface area contributed by atoms with Crippen molar-refractivity contribution in [3.8, 4) is 0 Å². The largest absolute Gasteiger partial charge is 0.453 e. The minimum atomic E-state index is -4.37. The smallest absolute Gasteiger partial charge is 0.407 e. The van der Waals surface area contributed by atoms with Crippen molar-refractivity contribution in [2.24, 2.45) is 5.73 Å². The number of amides is 1. The van der Waals surface area contributed by atoms with Crippen LogP contribution in [0.25, 0.3) is 0 Å². The maximum atomic E-state index is 13.0. The average Bonchev–Trinajstić information content (AvgIpc) is 2.75. The third-order valence-corrected chi connectivity index (χ3v) is 3.33. The highest BCUT2D eigenvalue weighted by atomic mass is 19.4. The molecular formula is C11H20F3N3O2. The number of nitrogens with one attached hydrogen (secondary N) is 1. The summed E-state index contributed by atoms with van der Waals surface area (Å²) in [6.45, 7) is 2.02. The van der Waals surface area contributed by atoms with Gasteiger partial charge < -0.3 is 15.8 Å². The summed E-state index contributed by atoms with van der Waals surface area (Å²) < 4.78 is 43.5. The Kier molecular flexibility index (Phi) is 5.42. The van der Waals surface area contributed by atoms with E-state index in [0.717, 1.165) is 0 Å². The van der Waals surface area contributed by atoms with Crippen molar-refractivity contribution in [1.29, 1.82) is 0 Å². The van der Waals surface area contributed by atoms with E-state index in [1.54, 1.807) is 6.92 Å². The number of hydrogen-bond donors (Lipinski definition) is 2. The number of carbonyl (C=O) groups is 1. The number of nitrogens with two attached hydrogens (primary N) is 1. The molecule has 3 unspecified atom stereocenters. The van der Waals surface area contributed by atoms with Crippen molar-refractivity contribution in [2.75, 3.05) is 20.2 Å². The summed E-state index contributed by atoms with van der Waals surface area (Å²) in [4.78, 5) is 12.3. The molecule has 1 heterocycles. The van der Waals surface area contributed by atoms with Gasteiger partial charge in [-0.15, -0.1) is 0 Å². The summed E-state index contributed by atoms with van der Waals surface area (Å²) in [6, 6.07) is -2.96. The lowest BCUT2D eigenvalue weighted by molar-refractivity contribution is -0.186. The predicted octanol–water partition coefficient (Wildman–Crippen LogP) is 1.08. The Morgan fingerprint density at radius 1 is 1.58 bits per heavy atom. The number of hydrogen-bond acceptors (Lipinski definition) is 4. The van der Waals surface area contributed by atoms with Crippen LogP contribution >= 0.6 is 0 Å². The average molecular weight is 283 g/mol. The lowest BCUT2D eigenvalue weighted by Gasteiger charge is -2.33. The quantitative estimate of drug-likeness (QED) is 0.810. The van der Waals surface area contributed by atoms with Gasteiger partial charge in [0.05, 0.1) is 7.11 Å². The molecule has 1 fully saturated rings. The molecule has 8 heteroatoms. The van der Waals surface area contributed by atoms with E-state index in [2.05, 4.69) is 10.1 Å². The molecule has 5 nitrogen and oxygen atoms in total. The zero-order valence-corrected chi connectivity index (χ0v) is 11.0. The fraction of sp³-hybridized carbons (Fsp3) is 0.909. The Hall–Kier alpha value is -1.02. The molecular weight excluding hydrogens is 263 g/mol. The van der Waals surface area contributed by atoms with Crippen LogP contribution in [0.5, 0.6) is 0 Å². The van der Waals surface area contributed by atoms with Crippen LogP contribution in [0.4, 0.5) is 18.0 Å². The summed E-state index contributed by atoms with van der Waals surface area (Å²) in [7, 11) is 1.22. The second-order valence-electron chi connectivity index (χ2n) is 4.68. The summed E-state index contributed by atoms with van der Waals surface area (Å²) in [5.41, 5.74) is 5.58. The van der Waals surface area contributed by atoms with Gasteiger partial charge >= 0.3 is 12.3 Å². The Bertz CT molecular complexity index is 312. The van der Waals surface area contributed by atoms with Crippen molar-refractivity contribution in [1.82, 2.24) is 10.2 Å². The van der Waals surface area contributed by atoms with Crippen LogP contribution < -0.4 is 11.1 Å². The molecule has 1 amide bonds. The number of alkyl halides is 3. The Morgan fingerprint density at radius 3 is 2.68 bits per heavy atom. The molecule has 19 heavy (non-hydrogen) atoms. The molecule has 0 aromatic carbocycles. The number of alkyl carbamates (subject to hydrolysis) is 1. The predicted molar refractivity (Wildman–Crippen MR) is 63.6 cm³/mol. The first-order chi connectivity index (χ1) is 8.79. The van der Waals surface area contributed by atoms with E-state index in [0.29, 0.717) is 6.42 Å². The van der Waals surface area contributed by atoms with E-state index in [9.17, 15) is 18.0 Å². The van der Waals surface area contributed by atoms with Crippen LogP contribution in [0.2, 0.25) is 0 Å². The van der Waals surface area contributed by atoms with E-state index >= 15 is 0 Å². The lowest BCUT2D eigenvalue weighted by atomic mass is 10.0. The molecule has 112 valence electrons. The summed E-state index contributed by atoms with van der Waals surface area (Å²) in [5.74, 6) is 0. The molecule has 1 aliphatic heterocycles. The minimum absolute atomic E-state index is 0.132. The molecule has 0 spiro atoms. The number of rotatable bonds is 4. The molecule has 1 rings (SSSR count). The van der Waals surface area contributed by atoms with Gasteiger partial charge in [-0.05, 0) is 12.8 Å². The number of halogens is 3. The molecule has 3 atom stereocenters. The van der Waals surface area contributed by atoms with E-state index < -0.39 is 24.4 Å². The highest BCUT2D eigenvalue weighted by Gasteiger charge is 2.48. The summed E-state index contributed by atoms with van der Waals surface area (Å²) in [6.07, 6.45) is -4.29. The molecule has 0 aliphatic carbocycles. The molecule has 0 aromatic heterocycles.